The summed E-state index contributed by atoms with van der Waals surface area (Å²) in [5, 5.41) is 9.96. The summed E-state index contributed by atoms with van der Waals surface area (Å²) in [6.07, 6.45) is 5.34. The van der Waals surface area contributed by atoms with Crippen LogP contribution in [-0.4, -0.2) is 72.3 Å². The van der Waals surface area contributed by atoms with Gasteiger partial charge in [0.05, 0.1) is 12.0 Å². The van der Waals surface area contributed by atoms with E-state index in [4.69, 9.17) is 4.74 Å². The molecule has 0 bridgehead atoms. The monoisotopic (exact) mass is 333 g/mol. The molecule has 0 unspecified atom stereocenters. The van der Waals surface area contributed by atoms with Crippen LogP contribution >= 0.6 is 0 Å². The van der Waals surface area contributed by atoms with E-state index in [0.717, 1.165) is 45.6 Å². The highest BCUT2D eigenvalue weighted by atomic mass is 16.5. The summed E-state index contributed by atoms with van der Waals surface area (Å²) in [4.78, 5) is 20.8. The number of fused-ring (bicyclic) bond motifs is 1. The Morgan fingerprint density at radius 3 is 2.83 bits per heavy atom. The van der Waals surface area contributed by atoms with Crippen LogP contribution in [0.25, 0.3) is 0 Å². The number of pyridine rings is 1. The van der Waals surface area contributed by atoms with Crippen LogP contribution in [0.3, 0.4) is 0 Å². The van der Waals surface area contributed by atoms with Crippen LogP contribution in [-0.2, 0) is 16.1 Å². The number of carboxylic acids is 1. The van der Waals surface area contributed by atoms with Gasteiger partial charge in [-0.1, -0.05) is 0 Å². The molecule has 0 aromatic carbocycles. The molecule has 24 heavy (non-hydrogen) atoms. The maximum absolute atomic E-state index is 12.1. The predicted molar refractivity (Wildman–Crippen MR) is 90.6 cm³/mol. The Morgan fingerprint density at radius 2 is 2.12 bits per heavy atom. The second kappa shape index (κ2) is 7.59. The average molecular weight is 333 g/mol. The van der Waals surface area contributed by atoms with E-state index in [1.54, 1.807) is 7.11 Å². The van der Waals surface area contributed by atoms with Gasteiger partial charge in [-0.2, -0.15) is 0 Å². The first-order valence-corrected chi connectivity index (χ1v) is 8.70. The van der Waals surface area contributed by atoms with Gasteiger partial charge in [0.25, 0.3) is 0 Å². The van der Waals surface area contributed by atoms with Crippen LogP contribution in [0.1, 0.15) is 18.4 Å². The highest BCUT2D eigenvalue weighted by Crippen LogP contribution is 2.43. The zero-order valence-corrected chi connectivity index (χ0v) is 14.4. The molecule has 2 aliphatic rings. The molecule has 2 aliphatic heterocycles. The molecule has 0 amide bonds. The van der Waals surface area contributed by atoms with E-state index in [-0.39, 0.29) is 5.92 Å². The number of methoxy groups -OCH3 is 1. The topological polar surface area (TPSA) is 65.9 Å². The summed E-state index contributed by atoms with van der Waals surface area (Å²) in [6, 6.07) is 4.07. The van der Waals surface area contributed by atoms with Gasteiger partial charge >= 0.3 is 5.97 Å². The standard InChI is InChI=1S/C18H27N3O3/c1-24-10-9-21-13-16-12-20(11-15-3-6-19-7-4-15)8-2-5-18(16,14-21)17(22)23/h3-4,6-7,16H,2,5,8-14H2,1H3,(H,22,23)/t16-,18-/m1/s1. The van der Waals surface area contributed by atoms with Gasteiger partial charge < -0.3 is 9.84 Å². The molecule has 6 heteroatoms. The van der Waals surface area contributed by atoms with Crippen molar-refractivity contribution in [2.75, 3.05) is 46.4 Å². The van der Waals surface area contributed by atoms with Gasteiger partial charge in [0.1, 0.15) is 0 Å². The zero-order chi connectivity index (χ0) is 17.0. The minimum Gasteiger partial charge on any atom is -0.481 e. The number of nitrogens with zero attached hydrogens (tertiary/aromatic N) is 3. The van der Waals surface area contributed by atoms with Crippen molar-refractivity contribution >= 4 is 5.97 Å². The number of carboxylic acid groups (broad SMARTS) is 1. The Bertz CT molecular complexity index is 554. The maximum Gasteiger partial charge on any atom is 0.311 e. The van der Waals surface area contributed by atoms with Gasteiger partial charge in [-0.25, -0.2) is 0 Å². The molecular weight excluding hydrogens is 306 g/mol. The molecule has 3 rings (SSSR count). The van der Waals surface area contributed by atoms with Crippen molar-refractivity contribution in [3.05, 3.63) is 30.1 Å². The molecule has 0 aliphatic carbocycles. The molecule has 2 atom stereocenters. The van der Waals surface area contributed by atoms with Crippen molar-refractivity contribution in [3.63, 3.8) is 0 Å². The predicted octanol–water partition coefficient (Wildman–Crippen LogP) is 1.33. The van der Waals surface area contributed by atoms with Crippen LogP contribution in [0.4, 0.5) is 0 Å². The number of carbonyl (C=O) groups is 1. The summed E-state index contributed by atoms with van der Waals surface area (Å²) in [6.45, 7) is 5.65. The molecular formula is C18H27N3O3. The first-order valence-electron chi connectivity index (χ1n) is 8.70. The molecule has 1 N–H and O–H groups in total. The number of hydrogen-bond acceptors (Lipinski definition) is 5. The van der Waals surface area contributed by atoms with Gasteiger partial charge in [0.15, 0.2) is 0 Å². The number of ether oxygens (including phenoxy) is 1. The van der Waals surface area contributed by atoms with Crippen molar-refractivity contribution in [1.82, 2.24) is 14.8 Å². The summed E-state index contributed by atoms with van der Waals surface area (Å²) >= 11 is 0. The average Bonchev–Trinajstić information content (AvgIpc) is 2.83. The van der Waals surface area contributed by atoms with E-state index in [0.29, 0.717) is 13.2 Å². The minimum absolute atomic E-state index is 0.177. The fourth-order valence-corrected chi connectivity index (χ4v) is 4.25. The summed E-state index contributed by atoms with van der Waals surface area (Å²) in [7, 11) is 1.69. The Hall–Kier alpha value is -1.50. The number of hydrogen-bond donors (Lipinski definition) is 1. The number of aliphatic carboxylic acids is 1. The fraction of sp³-hybridized carbons (Fsp3) is 0.667. The Labute approximate surface area is 143 Å². The van der Waals surface area contributed by atoms with Gasteiger partial charge in [-0.05, 0) is 37.1 Å². The number of likely N-dealkylation sites (tertiary alicyclic amines) is 2. The van der Waals surface area contributed by atoms with Crippen molar-refractivity contribution in [2.45, 2.75) is 19.4 Å². The molecule has 6 nitrogen and oxygen atoms in total. The molecule has 0 radical (unpaired) electrons. The first-order chi connectivity index (χ1) is 11.6. The first kappa shape index (κ1) is 17.3. The van der Waals surface area contributed by atoms with E-state index in [2.05, 4.69) is 14.8 Å². The molecule has 3 heterocycles. The molecule has 0 spiro atoms. The largest absolute Gasteiger partial charge is 0.481 e. The van der Waals surface area contributed by atoms with Crippen molar-refractivity contribution in [1.29, 1.82) is 0 Å². The van der Waals surface area contributed by atoms with Gasteiger partial charge in [0, 0.05) is 58.1 Å². The highest BCUT2D eigenvalue weighted by molar-refractivity contribution is 5.76. The lowest BCUT2D eigenvalue weighted by Gasteiger charge is -2.29. The van der Waals surface area contributed by atoms with E-state index < -0.39 is 11.4 Å². The Kier molecular flexibility index (Phi) is 5.48. The Morgan fingerprint density at radius 1 is 1.38 bits per heavy atom. The molecule has 1 aromatic heterocycles. The maximum atomic E-state index is 12.1. The molecule has 132 valence electrons. The minimum atomic E-state index is -0.627. The van der Waals surface area contributed by atoms with Crippen molar-refractivity contribution < 1.29 is 14.6 Å². The molecule has 0 saturated carbocycles. The zero-order valence-electron chi connectivity index (χ0n) is 14.4. The van der Waals surface area contributed by atoms with E-state index >= 15 is 0 Å². The summed E-state index contributed by atoms with van der Waals surface area (Å²) in [5.41, 5.74) is 0.642. The third-order valence-corrected chi connectivity index (χ3v) is 5.53. The lowest BCUT2D eigenvalue weighted by atomic mass is 9.75. The third-order valence-electron chi connectivity index (χ3n) is 5.53. The lowest BCUT2D eigenvalue weighted by molar-refractivity contribution is -0.151. The second-order valence-electron chi connectivity index (χ2n) is 7.08. The van der Waals surface area contributed by atoms with E-state index in [9.17, 15) is 9.90 Å². The second-order valence-corrected chi connectivity index (χ2v) is 7.08. The van der Waals surface area contributed by atoms with Gasteiger partial charge in [0.2, 0.25) is 0 Å². The van der Waals surface area contributed by atoms with Crippen LogP contribution in [0.5, 0.6) is 0 Å². The van der Waals surface area contributed by atoms with Crippen LogP contribution < -0.4 is 0 Å². The molecule has 1 aromatic rings. The Balaban J connectivity index is 1.71. The van der Waals surface area contributed by atoms with Crippen LogP contribution in [0.15, 0.2) is 24.5 Å². The SMILES string of the molecule is COCCN1C[C@H]2CN(Cc3ccncc3)CCC[C@@]2(C(=O)O)C1. The third kappa shape index (κ3) is 3.61. The summed E-state index contributed by atoms with van der Waals surface area (Å²) < 4.78 is 5.17. The van der Waals surface area contributed by atoms with Gasteiger partial charge in [-0.3, -0.25) is 19.6 Å². The van der Waals surface area contributed by atoms with E-state index in [1.807, 2.05) is 24.5 Å². The smallest absolute Gasteiger partial charge is 0.311 e. The van der Waals surface area contributed by atoms with E-state index in [1.165, 1.54) is 5.56 Å². The van der Waals surface area contributed by atoms with Crippen molar-refractivity contribution in [3.8, 4) is 0 Å². The van der Waals surface area contributed by atoms with Gasteiger partial charge in [-0.15, -0.1) is 0 Å². The molecule has 2 fully saturated rings. The van der Waals surface area contributed by atoms with Crippen LogP contribution in [0.2, 0.25) is 0 Å². The quantitative estimate of drug-likeness (QED) is 0.847. The van der Waals surface area contributed by atoms with Crippen molar-refractivity contribution in [2.24, 2.45) is 11.3 Å². The normalized spacial score (nSPS) is 28.5. The lowest BCUT2D eigenvalue weighted by Crippen LogP contribution is -2.41. The van der Waals surface area contributed by atoms with Crippen LogP contribution in [0, 0.1) is 11.3 Å². The molecule has 2 saturated heterocycles. The summed E-state index contributed by atoms with van der Waals surface area (Å²) in [5.74, 6) is -0.450. The number of rotatable bonds is 6. The number of aromatic nitrogens is 1. The fourth-order valence-electron chi connectivity index (χ4n) is 4.25. The highest BCUT2D eigenvalue weighted by Gasteiger charge is 2.53.